The van der Waals surface area contributed by atoms with Crippen LogP contribution < -0.4 is 9.47 Å². The number of unbranched alkanes of at least 4 members (excludes halogenated alkanes) is 2. The van der Waals surface area contributed by atoms with Crippen LogP contribution in [0.15, 0.2) is 48.5 Å². The molecule has 0 saturated carbocycles. The molecular formula is C32H42N2O6. The van der Waals surface area contributed by atoms with Crippen molar-refractivity contribution in [3.05, 3.63) is 59.7 Å². The van der Waals surface area contributed by atoms with Gasteiger partial charge in [-0.1, -0.05) is 51.0 Å². The summed E-state index contributed by atoms with van der Waals surface area (Å²) in [6.07, 6.45) is 5.03. The molecule has 8 heteroatoms. The topological polar surface area (TPSA) is 84.1 Å². The maximum Gasteiger partial charge on any atom is 0.246 e. The highest BCUT2D eigenvalue weighted by Gasteiger charge is 2.45. The number of piperazine rings is 1. The fraction of sp³-hybridized carbons (Fsp3) is 0.562. The van der Waals surface area contributed by atoms with E-state index in [2.05, 4.69) is 13.8 Å². The van der Waals surface area contributed by atoms with Gasteiger partial charge in [-0.05, 0) is 48.2 Å². The standard InChI is InChI=1S/C32H42N2O6/c1-3-5-15-33-29(17-23-7-11-25(12-8-23)37-19-27-21-39-27)32(36)34(16-6-4-2)30(31(33)35)18-24-9-13-26(14-10-24)38-20-28-22-40-28/h7-14,27-30H,3-6,15-22H2,1-2H3/t27?,28?,29-,30+. The van der Waals surface area contributed by atoms with Gasteiger partial charge in [0.1, 0.15) is 49.0 Å². The maximum atomic E-state index is 14.1. The van der Waals surface area contributed by atoms with Crippen LogP contribution in [0.3, 0.4) is 0 Å². The van der Waals surface area contributed by atoms with Crippen molar-refractivity contribution in [2.75, 3.05) is 39.5 Å². The van der Waals surface area contributed by atoms with Crippen molar-refractivity contribution in [3.63, 3.8) is 0 Å². The van der Waals surface area contributed by atoms with Crippen LogP contribution in [0, 0.1) is 0 Å². The lowest BCUT2D eigenvalue weighted by molar-refractivity contribution is -0.161. The second kappa shape index (κ2) is 13.5. The lowest BCUT2D eigenvalue weighted by Gasteiger charge is -2.45. The average molecular weight is 551 g/mol. The minimum absolute atomic E-state index is 0.0461. The number of benzene rings is 2. The highest BCUT2D eigenvalue weighted by molar-refractivity contribution is 5.97. The smallest absolute Gasteiger partial charge is 0.246 e. The molecule has 0 N–H and O–H groups in total. The Bertz CT molecular complexity index is 1020. The third-order valence-electron chi connectivity index (χ3n) is 7.78. The van der Waals surface area contributed by atoms with Crippen molar-refractivity contribution in [1.82, 2.24) is 9.80 Å². The zero-order chi connectivity index (χ0) is 27.9. The molecule has 40 heavy (non-hydrogen) atoms. The number of epoxide rings is 2. The molecule has 0 aliphatic carbocycles. The predicted molar refractivity (Wildman–Crippen MR) is 152 cm³/mol. The van der Waals surface area contributed by atoms with Gasteiger partial charge >= 0.3 is 0 Å². The summed E-state index contributed by atoms with van der Waals surface area (Å²) in [6.45, 7) is 8.02. The van der Waals surface area contributed by atoms with Gasteiger partial charge in [0, 0.05) is 25.9 Å². The minimum Gasteiger partial charge on any atom is -0.491 e. The molecule has 4 atom stereocenters. The van der Waals surface area contributed by atoms with Gasteiger partial charge in [0.15, 0.2) is 0 Å². The van der Waals surface area contributed by atoms with Crippen molar-refractivity contribution >= 4 is 11.8 Å². The lowest BCUT2D eigenvalue weighted by atomic mass is 9.93. The third-order valence-corrected chi connectivity index (χ3v) is 7.78. The summed E-state index contributed by atoms with van der Waals surface area (Å²) in [6, 6.07) is 14.7. The Kier molecular flexibility index (Phi) is 9.60. The van der Waals surface area contributed by atoms with Crippen molar-refractivity contribution in [1.29, 1.82) is 0 Å². The van der Waals surface area contributed by atoms with Crippen LogP contribution >= 0.6 is 0 Å². The largest absolute Gasteiger partial charge is 0.491 e. The molecule has 2 unspecified atom stereocenters. The lowest BCUT2D eigenvalue weighted by Crippen LogP contribution is -2.66. The molecule has 2 amide bonds. The molecular weight excluding hydrogens is 508 g/mol. The summed E-state index contributed by atoms with van der Waals surface area (Å²) < 4.78 is 22.0. The van der Waals surface area contributed by atoms with Gasteiger partial charge in [0.2, 0.25) is 11.8 Å². The first kappa shape index (κ1) is 28.4. The molecule has 0 radical (unpaired) electrons. The zero-order valence-electron chi connectivity index (χ0n) is 23.8. The maximum absolute atomic E-state index is 14.1. The summed E-state index contributed by atoms with van der Waals surface area (Å²) in [7, 11) is 0. The Morgan fingerprint density at radius 3 is 1.38 bits per heavy atom. The molecule has 3 aliphatic rings. The fourth-order valence-electron chi connectivity index (χ4n) is 5.14. The van der Waals surface area contributed by atoms with E-state index < -0.39 is 12.1 Å². The van der Waals surface area contributed by atoms with Gasteiger partial charge in [-0.3, -0.25) is 9.59 Å². The number of carbonyl (C=O) groups excluding carboxylic acids is 2. The van der Waals surface area contributed by atoms with E-state index in [9.17, 15) is 9.59 Å². The molecule has 216 valence electrons. The number of amides is 2. The quantitative estimate of drug-likeness (QED) is 0.294. The van der Waals surface area contributed by atoms with Gasteiger partial charge in [-0.25, -0.2) is 0 Å². The van der Waals surface area contributed by atoms with E-state index in [4.69, 9.17) is 18.9 Å². The first-order chi connectivity index (χ1) is 19.6. The number of ether oxygens (including phenoxy) is 4. The Morgan fingerprint density at radius 1 is 0.675 bits per heavy atom. The molecule has 2 aromatic carbocycles. The monoisotopic (exact) mass is 550 g/mol. The molecule has 2 aromatic rings. The van der Waals surface area contributed by atoms with Gasteiger partial charge < -0.3 is 28.7 Å². The predicted octanol–water partition coefficient (Wildman–Crippen LogP) is 4.04. The Labute approximate surface area is 237 Å². The number of hydrogen-bond donors (Lipinski definition) is 0. The summed E-state index contributed by atoms with van der Waals surface area (Å²) in [4.78, 5) is 31.9. The summed E-state index contributed by atoms with van der Waals surface area (Å²) >= 11 is 0. The molecule has 3 heterocycles. The van der Waals surface area contributed by atoms with Gasteiger partial charge in [-0.15, -0.1) is 0 Å². The van der Waals surface area contributed by atoms with Gasteiger partial charge in [0.05, 0.1) is 13.2 Å². The number of carbonyl (C=O) groups is 2. The van der Waals surface area contributed by atoms with Crippen molar-refractivity contribution in [3.8, 4) is 11.5 Å². The van der Waals surface area contributed by atoms with Crippen molar-refractivity contribution < 1.29 is 28.5 Å². The average Bonchev–Trinajstić information content (AvgIpc) is 3.90. The van der Waals surface area contributed by atoms with E-state index in [0.717, 1.165) is 61.5 Å². The zero-order valence-corrected chi connectivity index (χ0v) is 23.8. The van der Waals surface area contributed by atoms with Crippen LogP contribution in [0.4, 0.5) is 0 Å². The first-order valence-electron chi connectivity index (χ1n) is 14.8. The molecule has 3 fully saturated rings. The molecule has 3 saturated heterocycles. The second-order valence-electron chi connectivity index (χ2n) is 11.0. The Hall–Kier alpha value is -3.10. The molecule has 3 aliphatic heterocycles. The molecule has 0 spiro atoms. The summed E-state index contributed by atoms with van der Waals surface area (Å²) in [5, 5.41) is 0. The van der Waals surface area contributed by atoms with Gasteiger partial charge in [0.25, 0.3) is 0 Å². The molecule has 0 bridgehead atoms. The SMILES string of the molecule is CCCCN1C(=O)[C@H](Cc2ccc(OCC3CO3)cc2)N(CCCC)C(=O)[C@H]1Cc1ccc(OCC2CO2)cc1. The van der Waals surface area contributed by atoms with E-state index in [1.807, 2.05) is 58.3 Å². The normalized spacial score (nSPS) is 23.9. The highest BCUT2D eigenvalue weighted by Crippen LogP contribution is 2.27. The van der Waals surface area contributed by atoms with Crippen molar-refractivity contribution in [2.24, 2.45) is 0 Å². The van der Waals surface area contributed by atoms with Crippen LogP contribution in [0.2, 0.25) is 0 Å². The van der Waals surface area contributed by atoms with Crippen LogP contribution in [0.1, 0.15) is 50.7 Å². The first-order valence-corrected chi connectivity index (χ1v) is 14.8. The number of rotatable bonds is 16. The van der Waals surface area contributed by atoms with Crippen molar-refractivity contribution in [2.45, 2.75) is 76.7 Å². The van der Waals surface area contributed by atoms with E-state index in [-0.39, 0.29) is 24.0 Å². The van der Waals surface area contributed by atoms with E-state index in [0.29, 0.717) is 39.1 Å². The molecule has 5 rings (SSSR count). The third kappa shape index (κ3) is 7.55. The molecule has 8 nitrogen and oxygen atoms in total. The van der Waals surface area contributed by atoms with E-state index in [1.165, 1.54) is 0 Å². The van der Waals surface area contributed by atoms with E-state index in [1.54, 1.807) is 0 Å². The fourth-order valence-corrected chi connectivity index (χ4v) is 5.14. The van der Waals surface area contributed by atoms with Crippen LogP contribution in [-0.2, 0) is 31.9 Å². The Morgan fingerprint density at radius 2 is 1.05 bits per heavy atom. The second-order valence-corrected chi connectivity index (χ2v) is 11.0. The number of nitrogens with zero attached hydrogens (tertiary/aromatic N) is 2. The Balaban J connectivity index is 1.31. The summed E-state index contributed by atoms with van der Waals surface area (Å²) in [5.74, 6) is 1.67. The molecule has 0 aromatic heterocycles. The number of hydrogen-bond acceptors (Lipinski definition) is 6. The van der Waals surface area contributed by atoms with Crippen LogP contribution in [0.5, 0.6) is 11.5 Å². The highest BCUT2D eigenvalue weighted by atomic mass is 16.6. The minimum atomic E-state index is -0.501. The van der Waals surface area contributed by atoms with E-state index >= 15 is 0 Å². The summed E-state index contributed by atoms with van der Waals surface area (Å²) in [5.41, 5.74) is 2.03. The van der Waals surface area contributed by atoms with Crippen LogP contribution in [-0.4, -0.2) is 85.4 Å². The van der Waals surface area contributed by atoms with Crippen LogP contribution in [0.25, 0.3) is 0 Å². The van der Waals surface area contributed by atoms with Gasteiger partial charge in [-0.2, -0.15) is 0 Å².